The smallest absolute Gasteiger partial charge is 0.343 e. The van der Waals surface area contributed by atoms with Crippen LogP contribution in [0.15, 0.2) is 158 Å². The lowest BCUT2D eigenvalue weighted by atomic mass is 9.84. The molecule has 60 heavy (non-hydrogen) atoms. The molecule has 0 amide bonds. The highest BCUT2D eigenvalue weighted by Gasteiger charge is 2.31. The maximum Gasteiger partial charge on any atom is 0.343 e. The van der Waals surface area contributed by atoms with E-state index in [1.807, 2.05) is 111 Å². The molecule has 0 aromatic heterocycles. The van der Waals surface area contributed by atoms with Crippen LogP contribution < -0.4 is 28.4 Å². The first-order chi connectivity index (χ1) is 29.4. The first-order valence-corrected chi connectivity index (χ1v) is 19.7. The minimum atomic E-state index is -0.607. The maximum absolute atomic E-state index is 14.5. The minimum Gasteiger partial charge on any atom is -0.496 e. The molecule has 0 radical (unpaired) electrons. The molecule has 0 aliphatic rings. The Kier molecular flexibility index (Phi) is 11.5. The minimum absolute atomic E-state index is 0.215. The van der Waals surface area contributed by atoms with Gasteiger partial charge in [-0.1, -0.05) is 84.9 Å². The number of methoxy groups -OCH3 is 2. The Balaban J connectivity index is 1.51. The summed E-state index contributed by atoms with van der Waals surface area (Å²) in [5.74, 6) is 1.44. The fraction of sp³-hybridized carbons (Fsp3) is 0.115. The van der Waals surface area contributed by atoms with Gasteiger partial charge in [-0.3, -0.25) is 0 Å². The molecule has 0 unspecified atom stereocenters. The van der Waals surface area contributed by atoms with Gasteiger partial charge in [-0.2, -0.15) is 0 Å². The van der Waals surface area contributed by atoms with E-state index >= 15 is 0 Å². The summed E-state index contributed by atoms with van der Waals surface area (Å²) >= 11 is 0. The van der Waals surface area contributed by atoms with Crippen molar-refractivity contribution in [1.29, 1.82) is 0 Å². The third-order valence-electron chi connectivity index (χ3n) is 10.2. The van der Waals surface area contributed by atoms with E-state index in [-0.39, 0.29) is 11.5 Å². The first-order valence-electron chi connectivity index (χ1n) is 19.7. The number of carbonyl (C=O) groups excluding carboxylic acids is 2. The quantitative estimate of drug-likeness (QED) is 0.0842. The molecule has 0 heterocycles. The average molecular weight is 795 g/mol. The van der Waals surface area contributed by atoms with Crippen molar-refractivity contribution in [3.8, 4) is 67.9 Å². The summed E-state index contributed by atoms with van der Waals surface area (Å²) in [7, 11) is 3.16. The average Bonchev–Trinajstić information content (AvgIpc) is 3.29. The van der Waals surface area contributed by atoms with E-state index in [4.69, 9.17) is 28.4 Å². The van der Waals surface area contributed by atoms with Crippen molar-refractivity contribution in [3.63, 3.8) is 0 Å². The summed E-state index contributed by atoms with van der Waals surface area (Å²) in [4.78, 5) is 29.1. The zero-order valence-corrected chi connectivity index (χ0v) is 33.7. The van der Waals surface area contributed by atoms with Gasteiger partial charge in [0.05, 0.1) is 49.3 Å². The lowest BCUT2D eigenvalue weighted by Crippen LogP contribution is -2.13. The molecule has 0 atom stereocenters. The number of hydrogen-bond acceptors (Lipinski definition) is 8. The summed E-state index contributed by atoms with van der Waals surface area (Å²) in [6.45, 7) is 4.77. The predicted molar refractivity (Wildman–Crippen MR) is 236 cm³/mol. The second-order valence-electron chi connectivity index (χ2n) is 13.8. The van der Waals surface area contributed by atoms with E-state index < -0.39 is 11.9 Å². The zero-order valence-electron chi connectivity index (χ0n) is 33.7. The van der Waals surface area contributed by atoms with Crippen molar-refractivity contribution >= 4 is 33.5 Å². The monoisotopic (exact) mass is 794 g/mol. The highest BCUT2D eigenvalue weighted by molar-refractivity contribution is 6.15. The van der Waals surface area contributed by atoms with Crippen LogP contribution in [0.1, 0.15) is 34.6 Å². The standard InChI is InChI=1S/C52H42O8/c1-5-57-39-27-23-35(24-28-39)51(53)59-49-45-37(19-13-21-43(45)55-3)31-41(33-15-9-7-10-16-33)47(49)48-42(34-17-11-8-12-18-34)32-38-20-14-22-44(56-4)46(38)50(48)60-52(54)36-25-29-40(30-26-36)58-6-2/h7-32H,5-6H2,1-4H3. The second-order valence-corrected chi connectivity index (χ2v) is 13.8. The zero-order chi connectivity index (χ0) is 41.6. The van der Waals surface area contributed by atoms with Crippen LogP contribution >= 0.6 is 0 Å². The molecule has 0 bridgehead atoms. The van der Waals surface area contributed by atoms with Crippen molar-refractivity contribution in [2.24, 2.45) is 0 Å². The summed E-state index contributed by atoms with van der Waals surface area (Å²) < 4.78 is 36.8. The van der Waals surface area contributed by atoms with Crippen LogP contribution in [0.2, 0.25) is 0 Å². The van der Waals surface area contributed by atoms with Crippen molar-refractivity contribution in [1.82, 2.24) is 0 Å². The van der Waals surface area contributed by atoms with Gasteiger partial charge in [0.1, 0.15) is 23.0 Å². The Bertz CT molecular complexity index is 2620. The van der Waals surface area contributed by atoms with Crippen LogP contribution in [0.4, 0.5) is 0 Å². The van der Waals surface area contributed by atoms with Gasteiger partial charge in [0, 0.05) is 11.1 Å². The van der Waals surface area contributed by atoms with Crippen LogP contribution in [0, 0.1) is 0 Å². The third-order valence-corrected chi connectivity index (χ3v) is 10.2. The van der Waals surface area contributed by atoms with E-state index in [1.165, 1.54) is 0 Å². The van der Waals surface area contributed by atoms with Gasteiger partial charge in [0.25, 0.3) is 0 Å². The maximum atomic E-state index is 14.5. The van der Waals surface area contributed by atoms with Crippen molar-refractivity contribution < 1.29 is 38.0 Å². The lowest BCUT2D eigenvalue weighted by Gasteiger charge is -2.25. The number of benzene rings is 8. The molecule has 0 aliphatic heterocycles. The molecule has 0 aliphatic carbocycles. The molecular weight excluding hydrogens is 753 g/mol. The van der Waals surface area contributed by atoms with E-state index in [0.717, 1.165) is 33.0 Å². The van der Waals surface area contributed by atoms with Gasteiger partial charge in [0.2, 0.25) is 0 Å². The van der Waals surface area contributed by atoms with Crippen molar-refractivity contribution in [2.45, 2.75) is 13.8 Å². The predicted octanol–water partition coefficient (Wildman–Crippen LogP) is 12.2. The van der Waals surface area contributed by atoms with Crippen LogP contribution in [0.5, 0.6) is 34.5 Å². The fourth-order valence-electron chi connectivity index (χ4n) is 7.52. The SMILES string of the molecule is CCOc1ccc(C(=O)Oc2c(-c3c(-c4ccccc4)cc4cccc(OC)c4c3OC(=O)c3ccc(OCC)cc3)c(-c3ccccc3)cc3cccc(OC)c23)cc1. The third kappa shape index (κ3) is 7.71. The van der Waals surface area contributed by atoms with Gasteiger partial charge in [0.15, 0.2) is 11.5 Å². The molecule has 0 saturated heterocycles. The largest absolute Gasteiger partial charge is 0.496 e. The highest BCUT2D eigenvalue weighted by Crippen LogP contribution is 2.55. The Hall–Kier alpha value is -7.58. The number of fused-ring (bicyclic) bond motifs is 2. The Morgan fingerprint density at radius 3 is 1.18 bits per heavy atom. The summed E-state index contributed by atoms with van der Waals surface area (Å²) in [5, 5.41) is 2.63. The van der Waals surface area contributed by atoms with Crippen LogP contribution in [0.3, 0.4) is 0 Å². The van der Waals surface area contributed by atoms with Crippen LogP contribution in [0.25, 0.3) is 54.9 Å². The summed E-state index contributed by atoms with van der Waals surface area (Å²) in [6.07, 6.45) is 0. The molecule has 8 heteroatoms. The highest BCUT2D eigenvalue weighted by atomic mass is 16.5. The fourth-order valence-corrected chi connectivity index (χ4v) is 7.52. The molecule has 0 N–H and O–H groups in total. The first kappa shape index (κ1) is 39.3. The Morgan fingerprint density at radius 2 is 0.833 bits per heavy atom. The van der Waals surface area contributed by atoms with Crippen LogP contribution in [-0.2, 0) is 0 Å². The number of ether oxygens (including phenoxy) is 6. The molecule has 8 aromatic carbocycles. The summed E-state index contributed by atoms with van der Waals surface area (Å²) in [6, 6.07) is 48.8. The molecule has 298 valence electrons. The van der Waals surface area contributed by atoms with Gasteiger partial charge < -0.3 is 28.4 Å². The molecule has 0 spiro atoms. The van der Waals surface area contributed by atoms with E-state index in [1.54, 1.807) is 62.8 Å². The molecule has 8 nitrogen and oxygen atoms in total. The van der Waals surface area contributed by atoms with Gasteiger partial charge in [-0.15, -0.1) is 0 Å². The number of rotatable bonds is 13. The molecule has 8 rings (SSSR count). The van der Waals surface area contributed by atoms with Gasteiger partial charge in [-0.05, 0) is 120 Å². The summed E-state index contributed by atoms with van der Waals surface area (Å²) in [5.41, 5.74) is 4.71. The number of esters is 2. The topological polar surface area (TPSA) is 89.5 Å². The van der Waals surface area contributed by atoms with Crippen molar-refractivity contribution in [2.75, 3.05) is 27.4 Å². The molecule has 0 saturated carbocycles. The van der Waals surface area contributed by atoms with Crippen LogP contribution in [-0.4, -0.2) is 39.4 Å². The van der Waals surface area contributed by atoms with Gasteiger partial charge in [-0.25, -0.2) is 9.59 Å². The van der Waals surface area contributed by atoms with E-state index in [2.05, 4.69) is 12.1 Å². The normalized spacial score (nSPS) is 10.9. The Labute approximate surface area is 348 Å². The van der Waals surface area contributed by atoms with E-state index in [0.29, 0.717) is 69.2 Å². The second kappa shape index (κ2) is 17.5. The number of hydrogen-bond donors (Lipinski definition) is 0. The molecule has 0 fully saturated rings. The molecule has 8 aromatic rings. The van der Waals surface area contributed by atoms with Crippen molar-refractivity contribution in [3.05, 3.63) is 169 Å². The molecular formula is C52H42O8. The Morgan fingerprint density at radius 1 is 0.450 bits per heavy atom. The lowest BCUT2D eigenvalue weighted by molar-refractivity contribution is 0.0725. The van der Waals surface area contributed by atoms with Gasteiger partial charge >= 0.3 is 11.9 Å². The van der Waals surface area contributed by atoms with E-state index in [9.17, 15) is 9.59 Å². The number of carbonyl (C=O) groups is 2.